The van der Waals surface area contributed by atoms with Gasteiger partial charge < -0.3 is 15.2 Å². The lowest BCUT2D eigenvalue weighted by Gasteiger charge is -2.22. The first-order valence-corrected chi connectivity index (χ1v) is 6.84. The lowest BCUT2D eigenvalue weighted by Crippen LogP contribution is -2.38. The number of carboxylic acid groups (broad SMARTS) is 1. The molecule has 6 nitrogen and oxygen atoms in total. The summed E-state index contributed by atoms with van der Waals surface area (Å²) < 4.78 is 5.12. The Hall–Kier alpha value is -2.63. The van der Waals surface area contributed by atoms with Gasteiger partial charge in [0, 0.05) is 11.6 Å². The van der Waals surface area contributed by atoms with Gasteiger partial charge in [-0.25, -0.2) is 9.59 Å². The molecule has 116 valence electrons. The standard InChI is InChI=1S/C16H18N2O4/c1-16(2,3)22-15(21)18-13(14(19)20)11-8-9-17-12-7-5-4-6-10(11)12/h4-9,13H,1-3H3,(H,18,21)(H,19,20). The van der Waals surface area contributed by atoms with E-state index in [9.17, 15) is 14.7 Å². The summed E-state index contributed by atoms with van der Waals surface area (Å²) in [6.45, 7) is 5.14. The normalized spacial score (nSPS) is 12.7. The number of benzene rings is 1. The first-order chi connectivity index (χ1) is 10.3. The molecule has 1 amide bonds. The quantitative estimate of drug-likeness (QED) is 0.910. The zero-order chi connectivity index (χ0) is 16.3. The molecule has 0 spiro atoms. The van der Waals surface area contributed by atoms with Crippen LogP contribution < -0.4 is 5.32 Å². The maximum absolute atomic E-state index is 11.9. The fraction of sp³-hybridized carbons (Fsp3) is 0.312. The van der Waals surface area contributed by atoms with Crippen LogP contribution in [0.15, 0.2) is 36.5 Å². The highest BCUT2D eigenvalue weighted by atomic mass is 16.6. The molecule has 22 heavy (non-hydrogen) atoms. The van der Waals surface area contributed by atoms with Crippen LogP contribution in [0.5, 0.6) is 0 Å². The minimum absolute atomic E-state index is 0.462. The van der Waals surface area contributed by atoms with Gasteiger partial charge in [-0.3, -0.25) is 4.98 Å². The molecule has 0 saturated carbocycles. The minimum Gasteiger partial charge on any atom is -0.479 e. The van der Waals surface area contributed by atoms with Gasteiger partial charge in [0.1, 0.15) is 5.60 Å². The monoisotopic (exact) mass is 302 g/mol. The van der Waals surface area contributed by atoms with E-state index in [1.54, 1.807) is 45.0 Å². The number of nitrogens with zero attached hydrogens (tertiary/aromatic N) is 1. The number of para-hydroxylation sites is 1. The largest absolute Gasteiger partial charge is 0.479 e. The van der Waals surface area contributed by atoms with Crippen molar-refractivity contribution in [3.8, 4) is 0 Å². The number of amides is 1. The van der Waals surface area contributed by atoms with Crippen LogP contribution in [-0.2, 0) is 9.53 Å². The second-order valence-electron chi connectivity index (χ2n) is 5.83. The predicted molar refractivity (Wildman–Crippen MR) is 81.5 cm³/mol. The zero-order valence-electron chi connectivity index (χ0n) is 12.7. The predicted octanol–water partition coefficient (Wildman–Crippen LogP) is 2.89. The number of hydrogen-bond donors (Lipinski definition) is 2. The number of carbonyl (C=O) groups excluding carboxylic acids is 1. The van der Waals surface area contributed by atoms with Gasteiger partial charge in [0.25, 0.3) is 0 Å². The summed E-state index contributed by atoms with van der Waals surface area (Å²) in [4.78, 5) is 27.6. The molecule has 1 aromatic heterocycles. The molecule has 0 radical (unpaired) electrons. The van der Waals surface area contributed by atoms with Crippen molar-refractivity contribution in [3.63, 3.8) is 0 Å². The summed E-state index contributed by atoms with van der Waals surface area (Å²) >= 11 is 0. The Morgan fingerprint density at radius 2 is 1.91 bits per heavy atom. The molecule has 1 unspecified atom stereocenters. The fourth-order valence-electron chi connectivity index (χ4n) is 2.07. The number of fused-ring (bicyclic) bond motifs is 1. The van der Waals surface area contributed by atoms with E-state index in [-0.39, 0.29) is 0 Å². The van der Waals surface area contributed by atoms with E-state index in [1.807, 2.05) is 6.07 Å². The third-order valence-electron chi connectivity index (χ3n) is 2.90. The van der Waals surface area contributed by atoms with Crippen molar-refractivity contribution in [2.24, 2.45) is 0 Å². The Bertz CT molecular complexity index is 701. The molecule has 0 aliphatic rings. The van der Waals surface area contributed by atoms with Gasteiger partial charge in [-0.15, -0.1) is 0 Å². The Morgan fingerprint density at radius 3 is 2.55 bits per heavy atom. The van der Waals surface area contributed by atoms with Crippen LogP contribution in [0.4, 0.5) is 4.79 Å². The Kier molecular flexibility index (Phi) is 4.30. The Labute approximate surface area is 128 Å². The molecule has 6 heteroatoms. The van der Waals surface area contributed by atoms with Crippen molar-refractivity contribution in [2.45, 2.75) is 32.4 Å². The SMILES string of the molecule is CC(C)(C)OC(=O)NC(C(=O)O)c1ccnc2ccccc12. The molecule has 0 fully saturated rings. The van der Waals surface area contributed by atoms with Crippen LogP contribution in [0.3, 0.4) is 0 Å². The van der Waals surface area contributed by atoms with Crippen molar-refractivity contribution in [1.82, 2.24) is 10.3 Å². The molecule has 0 aliphatic heterocycles. The van der Waals surface area contributed by atoms with Crippen LogP contribution in [0, 0.1) is 0 Å². The van der Waals surface area contributed by atoms with Crippen LogP contribution in [-0.4, -0.2) is 27.8 Å². The molecular formula is C16H18N2O4. The maximum atomic E-state index is 11.9. The number of nitrogens with one attached hydrogen (secondary N) is 1. The summed E-state index contributed by atoms with van der Waals surface area (Å²) in [7, 11) is 0. The van der Waals surface area contributed by atoms with E-state index >= 15 is 0 Å². The van der Waals surface area contributed by atoms with Crippen molar-refractivity contribution < 1.29 is 19.4 Å². The number of carbonyl (C=O) groups is 2. The Balaban J connectivity index is 2.35. The van der Waals surface area contributed by atoms with Gasteiger partial charge in [-0.05, 0) is 38.5 Å². The van der Waals surface area contributed by atoms with Crippen LogP contribution in [0.2, 0.25) is 0 Å². The summed E-state index contributed by atoms with van der Waals surface area (Å²) in [5.41, 5.74) is 0.425. The van der Waals surface area contributed by atoms with E-state index in [0.29, 0.717) is 16.5 Å². The number of aliphatic carboxylic acids is 1. The highest BCUT2D eigenvalue weighted by Gasteiger charge is 2.26. The molecule has 0 saturated heterocycles. The van der Waals surface area contributed by atoms with Crippen molar-refractivity contribution in [1.29, 1.82) is 0 Å². The molecule has 2 N–H and O–H groups in total. The molecular weight excluding hydrogens is 284 g/mol. The maximum Gasteiger partial charge on any atom is 0.408 e. The minimum atomic E-state index is -1.21. The first kappa shape index (κ1) is 15.8. The third kappa shape index (κ3) is 3.72. The van der Waals surface area contributed by atoms with Crippen molar-refractivity contribution in [3.05, 3.63) is 42.1 Å². The van der Waals surface area contributed by atoms with Gasteiger partial charge in [-0.1, -0.05) is 18.2 Å². The van der Waals surface area contributed by atoms with E-state index in [2.05, 4.69) is 10.3 Å². The smallest absolute Gasteiger partial charge is 0.408 e. The first-order valence-electron chi connectivity index (χ1n) is 6.84. The summed E-state index contributed by atoms with van der Waals surface area (Å²) in [6.07, 6.45) is 0.741. The van der Waals surface area contributed by atoms with Crippen molar-refractivity contribution in [2.75, 3.05) is 0 Å². The fourth-order valence-corrected chi connectivity index (χ4v) is 2.07. The van der Waals surface area contributed by atoms with Crippen molar-refractivity contribution >= 4 is 23.0 Å². The number of pyridine rings is 1. The second kappa shape index (κ2) is 6.01. The van der Waals surface area contributed by atoms with E-state index in [0.717, 1.165) is 0 Å². The average molecular weight is 302 g/mol. The highest BCUT2D eigenvalue weighted by molar-refractivity contribution is 5.90. The van der Waals surface area contributed by atoms with Gasteiger partial charge in [-0.2, -0.15) is 0 Å². The summed E-state index contributed by atoms with van der Waals surface area (Å²) in [5.74, 6) is -1.16. The van der Waals surface area contributed by atoms with Gasteiger partial charge in [0.2, 0.25) is 0 Å². The Morgan fingerprint density at radius 1 is 1.23 bits per heavy atom. The number of hydrogen-bond acceptors (Lipinski definition) is 4. The number of alkyl carbamates (subject to hydrolysis) is 1. The number of aromatic nitrogens is 1. The van der Waals surface area contributed by atoms with Crippen LogP contribution >= 0.6 is 0 Å². The third-order valence-corrected chi connectivity index (χ3v) is 2.90. The molecule has 1 heterocycles. The number of ether oxygens (including phenoxy) is 1. The van der Waals surface area contributed by atoms with Crippen LogP contribution in [0.25, 0.3) is 10.9 Å². The van der Waals surface area contributed by atoms with Crippen LogP contribution in [0.1, 0.15) is 32.4 Å². The second-order valence-corrected chi connectivity index (χ2v) is 5.83. The number of carboxylic acids is 1. The molecule has 0 aliphatic carbocycles. The topological polar surface area (TPSA) is 88.5 Å². The zero-order valence-corrected chi connectivity index (χ0v) is 12.7. The average Bonchev–Trinajstić information content (AvgIpc) is 2.42. The molecule has 0 bridgehead atoms. The van der Waals surface area contributed by atoms with Gasteiger partial charge in [0.15, 0.2) is 6.04 Å². The molecule has 1 atom stereocenters. The van der Waals surface area contributed by atoms with Gasteiger partial charge in [0.05, 0.1) is 5.52 Å². The lowest BCUT2D eigenvalue weighted by atomic mass is 10.0. The number of rotatable bonds is 3. The molecule has 2 aromatic rings. The highest BCUT2D eigenvalue weighted by Crippen LogP contribution is 2.23. The van der Waals surface area contributed by atoms with E-state index < -0.39 is 23.7 Å². The summed E-state index contributed by atoms with van der Waals surface area (Å²) in [5, 5.41) is 12.5. The van der Waals surface area contributed by atoms with E-state index in [4.69, 9.17) is 4.74 Å². The molecule has 2 rings (SSSR count). The summed E-state index contributed by atoms with van der Waals surface area (Å²) in [6, 6.07) is 7.53. The van der Waals surface area contributed by atoms with Gasteiger partial charge >= 0.3 is 12.1 Å². The lowest BCUT2D eigenvalue weighted by molar-refractivity contribution is -0.139. The molecule has 1 aromatic carbocycles. The van der Waals surface area contributed by atoms with E-state index in [1.165, 1.54) is 6.20 Å².